The SMILES string of the molecule is COc1ccc(Nc2nc(Nc3ccc4c(cnn4CCCO)c3)ncc2F)cc1Cl.O=S(=O)(O)c1ccccc1. The number of halogens is 2. The van der Waals surface area contributed by atoms with Crippen molar-refractivity contribution in [2.24, 2.45) is 0 Å². The number of hydrogen-bond acceptors (Lipinski definition) is 9. The van der Waals surface area contributed by atoms with Crippen LogP contribution in [0.1, 0.15) is 6.42 Å². The van der Waals surface area contributed by atoms with Crippen molar-refractivity contribution in [3.8, 4) is 5.75 Å². The molecule has 0 unspecified atom stereocenters. The minimum absolute atomic E-state index is 0.0108. The van der Waals surface area contributed by atoms with Crippen LogP contribution in [0.25, 0.3) is 10.9 Å². The fourth-order valence-corrected chi connectivity index (χ4v) is 4.44. The predicted octanol–water partition coefficient (Wildman–Crippen LogP) is 5.43. The lowest BCUT2D eigenvalue weighted by atomic mass is 10.2. The largest absolute Gasteiger partial charge is 0.495 e. The standard InChI is InChI=1S/C21H20ClFN6O2.C6H6O3S/c1-31-19-6-4-15(10-16(19)22)26-20-17(23)12-24-21(28-20)27-14-3-5-18-13(9-14)11-25-29(18)7-2-8-30;7-10(8,9)6-4-2-1-3-5-6/h3-6,9-12,30H,2,7-8H2,1H3,(H2,24,26,27,28);1-5H,(H,7,8,9). The summed E-state index contributed by atoms with van der Waals surface area (Å²) in [5.41, 5.74) is 2.25. The summed E-state index contributed by atoms with van der Waals surface area (Å²) >= 11 is 6.13. The number of hydrogen-bond donors (Lipinski definition) is 4. The van der Waals surface area contributed by atoms with E-state index in [4.69, 9.17) is 26.0 Å². The van der Waals surface area contributed by atoms with Gasteiger partial charge in [-0.05, 0) is 55.0 Å². The van der Waals surface area contributed by atoms with Crippen molar-refractivity contribution in [1.29, 1.82) is 0 Å². The highest BCUT2D eigenvalue weighted by Crippen LogP contribution is 2.29. The van der Waals surface area contributed by atoms with Gasteiger partial charge in [-0.25, -0.2) is 9.37 Å². The van der Waals surface area contributed by atoms with Crippen LogP contribution in [0.3, 0.4) is 0 Å². The van der Waals surface area contributed by atoms with Crippen LogP contribution in [0.15, 0.2) is 84.0 Å². The number of aryl methyl sites for hydroxylation is 1. The van der Waals surface area contributed by atoms with Gasteiger partial charge in [-0.3, -0.25) is 9.23 Å². The van der Waals surface area contributed by atoms with Crippen LogP contribution < -0.4 is 15.4 Å². The van der Waals surface area contributed by atoms with Gasteiger partial charge >= 0.3 is 0 Å². The van der Waals surface area contributed by atoms with Gasteiger partial charge < -0.3 is 20.5 Å². The van der Waals surface area contributed by atoms with E-state index in [0.29, 0.717) is 29.4 Å². The van der Waals surface area contributed by atoms with Crippen LogP contribution in [0.4, 0.5) is 27.5 Å². The number of ether oxygens (including phenoxy) is 1. The third kappa shape index (κ3) is 7.89. The maximum absolute atomic E-state index is 14.3. The smallest absolute Gasteiger partial charge is 0.294 e. The Hall–Kier alpha value is -4.30. The third-order valence-electron chi connectivity index (χ3n) is 5.63. The fourth-order valence-electron chi connectivity index (χ4n) is 3.68. The summed E-state index contributed by atoms with van der Waals surface area (Å²) in [7, 11) is -2.48. The molecule has 0 amide bonds. The molecule has 41 heavy (non-hydrogen) atoms. The van der Waals surface area contributed by atoms with Crippen molar-refractivity contribution < 1.29 is 27.2 Å². The van der Waals surface area contributed by atoms with Crippen LogP contribution >= 0.6 is 11.6 Å². The number of fused-ring (bicyclic) bond motifs is 1. The Morgan fingerprint density at radius 1 is 1.02 bits per heavy atom. The average Bonchev–Trinajstić information content (AvgIpc) is 3.36. The van der Waals surface area contributed by atoms with Gasteiger partial charge in [-0.1, -0.05) is 29.8 Å². The Bertz CT molecular complexity index is 1740. The molecular formula is C27H26ClFN6O5S. The maximum Gasteiger partial charge on any atom is 0.294 e. The Balaban J connectivity index is 0.000000328. The molecular weight excluding hydrogens is 575 g/mol. The topological polar surface area (TPSA) is 151 Å². The van der Waals surface area contributed by atoms with E-state index in [1.807, 2.05) is 22.9 Å². The van der Waals surface area contributed by atoms with Crippen molar-refractivity contribution >= 4 is 55.8 Å². The van der Waals surface area contributed by atoms with E-state index in [1.165, 1.54) is 19.2 Å². The minimum atomic E-state index is -4.00. The van der Waals surface area contributed by atoms with Crippen LogP contribution in [0, 0.1) is 5.82 Å². The van der Waals surface area contributed by atoms with Gasteiger partial charge in [0.2, 0.25) is 5.95 Å². The lowest BCUT2D eigenvalue weighted by molar-refractivity contribution is 0.278. The monoisotopic (exact) mass is 600 g/mol. The van der Waals surface area contributed by atoms with E-state index in [2.05, 4.69) is 25.7 Å². The highest BCUT2D eigenvalue weighted by Gasteiger charge is 2.11. The number of rotatable bonds is 9. The second-order valence-electron chi connectivity index (χ2n) is 8.50. The average molecular weight is 601 g/mol. The van der Waals surface area contributed by atoms with E-state index >= 15 is 0 Å². The summed E-state index contributed by atoms with van der Waals surface area (Å²) in [5.74, 6) is 0.165. The first-order valence-corrected chi connectivity index (χ1v) is 14.0. The van der Waals surface area contributed by atoms with Gasteiger partial charge in [0.1, 0.15) is 5.75 Å². The molecule has 0 spiro atoms. The van der Waals surface area contributed by atoms with Crippen molar-refractivity contribution in [3.05, 3.63) is 90.0 Å². The third-order valence-corrected chi connectivity index (χ3v) is 6.79. The van der Waals surface area contributed by atoms with Crippen molar-refractivity contribution in [2.45, 2.75) is 17.9 Å². The second kappa shape index (κ2) is 13.4. The van der Waals surface area contributed by atoms with Gasteiger partial charge in [0.25, 0.3) is 10.1 Å². The molecule has 11 nitrogen and oxygen atoms in total. The van der Waals surface area contributed by atoms with E-state index in [-0.39, 0.29) is 23.3 Å². The molecule has 5 aromatic rings. The Kier molecular flexibility index (Phi) is 9.68. The number of aromatic nitrogens is 4. The highest BCUT2D eigenvalue weighted by atomic mass is 35.5. The summed E-state index contributed by atoms with van der Waals surface area (Å²) in [6, 6.07) is 18.1. The summed E-state index contributed by atoms with van der Waals surface area (Å²) in [6.45, 7) is 0.750. The lowest BCUT2D eigenvalue weighted by Crippen LogP contribution is -2.03. The van der Waals surface area contributed by atoms with Crippen LogP contribution in [-0.4, -0.2) is 51.5 Å². The molecule has 0 aliphatic heterocycles. The second-order valence-corrected chi connectivity index (χ2v) is 10.3. The van der Waals surface area contributed by atoms with Gasteiger partial charge in [-0.15, -0.1) is 0 Å². The molecule has 5 rings (SSSR count). The molecule has 4 N–H and O–H groups in total. The summed E-state index contributed by atoms with van der Waals surface area (Å²) in [6.07, 6.45) is 3.48. The summed E-state index contributed by atoms with van der Waals surface area (Å²) in [4.78, 5) is 8.17. The number of aliphatic hydroxyl groups excluding tert-OH is 1. The molecule has 0 atom stereocenters. The number of benzene rings is 3. The normalized spacial score (nSPS) is 11.0. The zero-order valence-corrected chi connectivity index (χ0v) is 23.3. The minimum Gasteiger partial charge on any atom is -0.495 e. The molecule has 14 heteroatoms. The van der Waals surface area contributed by atoms with Crippen molar-refractivity contribution in [3.63, 3.8) is 0 Å². The Labute approximate surface area is 240 Å². The first kappa shape index (κ1) is 29.7. The van der Waals surface area contributed by atoms with E-state index in [1.54, 1.807) is 42.6 Å². The predicted molar refractivity (Wildman–Crippen MR) is 154 cm³/mol. The highest BCUT2D eigenvalue weighted by molar-refractivity contribution is 7.85. The molecule has 0 radical (unpaired) electrons. The van der Waals surface area contributed by atoms with Gasteiger partial charge in [0.15, 0.2) is 11.6 Å². The molecule has 0 aliphatic rings. The number of anilines is 4. The first-order valence-electron chi connectivity index (χ1n) is 12.2. The fraction of sp³-hybridized carbons (Fsp3) is 0.148. The van der Waals surface area contributed by atoms with Crippen molar-refractivity contribution in [2.75, 3.05) is 24.4 Å². The molecule has 0 aliphatic carbocycles. The molecule has 2 heterocycles. The molecule has 0 saturated heterocycles. The Morgan fingerprint density at radius 2 is 1.76 bits per heavy atom. The van der Waals surface area contributed by atoms with Crippen LogP contribution in [0.5, 0.6) is 5.75 Å². The van der Waals surface area contributed by atoms with E-state index in [9.17, 15) is 12.8 Å². The van der Waals surface area contributed by atoms with Crippen LogP contribution in [-0.2, 0) is 16.7 Å². The maximum atomic E-state index is 14.3. The van der Waals surface area contributed by atoms with Gasteiger partial charge in [0.05, 0.1) is 34.9 Å². The van der Waals surface area contributed by atoms with Gasteiger partial charge in [-0.2, -0.15) is 18.5 Å². The quantitative estimate of drug-likeness (QED) is 0.161. The molecule has 0 fully saturated rings. The molecule has 0 saturated carbocycles. The zero-order valence-electron chi connectivity index (χ0n) is 21.7. The number of nitrogens with zero attached hydrogens (tertiary/aromatic N) is 4. The van der Waals surface area contributed by atoms with E-state index in [0.717, 1.165) is 22.8 Å². The molecule has 214 valence electrons. The zero-order chi connectivity index (χ0) is 29.4. The van der Waals surface area contributed by atoms with Crippen molar-refractivity contribution in [1.82, 2.24) is 19.7 Å². The Morgan fingerprint density at radius 3 is 2.41 bits per heavy atom. The molecule has 2 aromatic heterocycles. The summed E-state index contributed by atoms with van der Waals surface area (Å²) < 4.78 is 50.5. The number of nitrogens with one attached hydrogen (secondary N) is 2. The van der Waals surface area contributed by atoms with E-state index < -0.39 is 15.9 Å². The first-order chi connectivity index (χ1) is 19.7. The molecule has 3 aromatic carbocycles. The van der Waals surface area contributed by atoms with Crippen LogP contribution in [0.2, 0.25) is 5.02 Å². The van der Waals surface area contributed by atoms with Gasteiger partial charge in [0, 0.05) is 29.9 Å². The number of aliphatic hydroxyl groups is 1. The summed E-state index contributed by atoms with van der Waals surface area (Å²) in [5, 5.41) is 20.7. The lowest BCUT2D eigenvalue weighted by Gasteiger charge is -2.11. The molecule has 0 bridgehead atoms. The number of methoxy groups -OCH3 is 1.